The van der Waals surface area contributed by atoms with Gasteiger partial charge < -0.3 is 15.5 Å². The first-order chi connectivity index (χ1) is 9.90. The van der Waals surface area contributed by atoms with Crippen LogP contribution in [-0.4, -0.2) is 47.9 Å². The summed E-state index contributed by atoms with van der Waals surface area (Å²) in [5, 5.41) is 0.538. The summed E-state index contributed by atoms with van der Waals surface area (Å²) in [6, 6.07) is 5.87. The molecule has 1 aliphatic heterocycles. The molecule has 21 heavy (non-hydrogen) atoms. The Labute approximate surface area is 131 Å². The number of carbonyl (C=O) groups is 1. The highest BCUT2D eigenvalue weighted by molar-refractivity contribution is 6.31. The molecule has 2 rings (SSSR count). The lowest BCUT2D eigenvalue weighted by molar-refractivity contribution is 0.0616. The third-order valence-electron chi connectivity index (χ3n) is 4.34. The van der Waals surface area contributed by atoms with Gasteiger partial charge in [0.1, 0.15) is 0 Å². The minimum atomic E-state index is -0.0435. The fourth-order valence-electron chi connectivity index (χ4n) is 2.86. The molecule has 1 aliphatic rings. The number of anilines is 1. The lowest BCUT2D eigenvalue weighted by atomic mass is 10.0. The lowest BCUT2D eigenvalue weighted by Gasteiger charge is -2.38. The first-order valence-corrected chi connectivity index (χ1v) is 7.84. The molecule has 0 unspecified atom stereocenters. The number of carbonyl (C=O) groups excluding carboxylic acids is 1. The summed E-state index contributed by atoms with van der Waals surface area (Å²) in [6.45, 7) is 6.49. The second kappa shape index (κ2) is 6.67. The number of amides is 1. The number of likely N-dealkylation sites (tertiary alicyclic amines) is 1. The molecule has 1 amide bonds. The molecule has 1 saturated heterocycles. The van der Waals surface area contributed by atoms with Crippen LogP contribution in [0.4, 0.5) is 5.69 Å². The highest BCUT2D eigenvalue weighted by Crippen LogP contribution is 2.23. The van der Waals surface area contributed by atoms with E-state index in [-0.39, 0.29) is 11.9 Å². The van der Waals surface area contributed by atoms with E-state index in [4.69, 9.17) is 17.3 Å². The summed E-state index contributed by atoms with van der Waals surface area (Å²) in [7, 11) is 1.86. The van der Waals surface area contributed by atoms with Crippen LogP contribution in [0.3, 0.4) is 0 Å². The van der Waals surface area contributed by atoms with Gasteiger partial charge in [0.25, 0.3) is 5.91 Å². The number of nitrogens with zero attached hydrogens (tertiary/aromatic N) is 2. The zero-order valence-corrected chi connectivity index (χ0v) is 13.7. The van der Waals surface area contributed by atoms with Crippen LogP contribution < -0.4 is 5.73 Å². The third kappa shape index (κ3) is 3.69. The standard InChI is InChI=1S/C16H24ClN3O/c1-11(2)20-8-6-13(7-9-20)19(3)16(21)14-10-12(17)4-5-15(14)18/h4-5,10-11,13H,6-9,18H2,1-3H3. The highest BCUT2D eigenvalue weighted by Gasteiger charge is 2.27. The van der Waals surface area contributed by atoms with Crippen molar-refractivity contribution in [2.24, 2.45) is 0 Å². The van der Waals surface area contributed by atoms with Crippen LogP contribution in [0.1, 0.15) is 37.0 Å². The van der Waals surface area contributed by atoms with Gasteiger partial charge in [0.2, 0.25) is 0 Å². The predicted octanol–water partition coefficient (Wildman–Crippen LogP) is 2.87. The fraction of sp³-hybridized carbons (Fsp3) is 0.562. The maximum Gasteiger partial charge on any atom is 0.255 e. The molecule has 1 fully saturated rings. The average molecular weight is 310 g/mol. The number of hydrogen-bond donors (Lipinski definition) is 1. The van der Waals surface area contributed by atoms with Gasteiger partial charge in [0.05, 0.1) is 5.56 Å². The predicted molar refractivity (Wildman–Crippen MR) is 87.7 cm³/mol. The molecule has 5 heteroatoms. The van der Waals surface area contributed by atoms with Crippen molar-refractivity contribution in [2.45, 2.75) is 38.8 Å². The molecular formula is C16H24ClN3O. The van der Waals surface area contributed by atoms with Gasteiger partial charge in [0, 0.05) is 42.9 Å². The van der Waals surface area contributed by atoms with Gasteiger partial charge in [-0.2, -0.15) is 0 Å². The van der Waals surface area contributed by atoms with Crippen LogP contribution >= 0.6 is 11.6 Å². The minimum absolute atomic E-state index is 0.0435. The Hall–Kier alpha value is -1.26. The molecule has 0 spiro atoms. The van der Waals surface area contributed by atoms with Crippen LogP contribution in [0.5, 0.6) is 0 Å². The number of hydrogen-bond acceptors (Lipinski definition) is 3. The number of nitrogen functional groups attached to an aromatic ring is 1. The van der Waals surface area contributed by atoms with E-state index in [2.05, 4.69) is 18.7 Å². The van der Waals surface area contributed by atoms with Crippen molar-refractivity contribution in [1.82, 2.24) is 9.80 Å². The molecule has 0 atom stereocenters. The SMILES string of the molecule is CC(C)N1CCC(N(C)C(=O)c2cc(Cl)ccc2N)CC1. The molecule has 2 N–H and O–H groups in total. The lowest BCUT2D eigenvalue weighted by Crippen LogP contribution is -2.47. The van der Waals surface area contributed by atoms with Crippen molar-refractivity contribution in [2.75, 3.05) is 25.9 Å². The molecule has 116 valence electrons. The van der Waals surface area contributed by atoms with Crippen molar-refractivity contribution >= 4 is 23.2 Å². The van der Waals surface area contributed by atoms with Crippen molar-refractivity contribution in [3.05, 3.63) is 28.8 Å². The molecule has 0 aliphatic carbocycles. The van der Waals surface area contributed by atoms with Crippen molar-refractivity contribution in [3.8, 4) is 0 Å². The van der Waals surface area contributed by atoms with E-state index < -0.39 is 0 Å². The van der Waals surface area contributed by atoms with Gasteiger partial charge in [-0.15, -0.1) is 0 Å². The summed E-state index contributed by atoms with van der Waals surface area (Å²) in [4.78, 5) is 16.9. The Kier molecular flexibility index (Phi) is 5.12. The van der Waals surface area contributed by atoms with E-state index in [1.54, 1.807) is 18.2 Å². The van der Waals surface area contributed by atoms with Crippen LogP contribution in [0.25, 0.3) is 0 Å². The zero-order chi connectivity index (χ0) is 15.6. The molecule has 0 bridgehead atoms. The van der Waals surface area contributed by atoms with Crippen LogP contribution in [0.2, 0.25) is 5.02 Å². The minimum Gasteiger partial charge on any atom is -0.398 e. The van der Waals surface area contributed by atoms with Crippen LogP contribution in [0.15, 0.2) is 18.2 Å². The average Bonchev–Trinajstić information content (AvgIpc) is 2.48. The quantitative estimate of drug-likeness (QED) is 0.874. The van der Waals surface area contributed by atoms with Crippen molar-refractivity contribution < 1.29 is 4.79 Å². The second-order valence-corrected chi connectivity index (χ2v) is 6.44. The normalized spacial score (nSPS) is 17.2. The maximum atomic E-state index is 12.6. The molecule has 0 saturated carbocycles. The highest BCUT2D eigenvalue weighted by atomic mass is 35.5. The van der Waals surface area contributed by atoms with E-state index >= 15 is 0 Å². The molecule has 1 aromatic carbocycles. The van der Waals surface area contributed by atoms with Gasteiger partial charge in [-0.1, -0.05) is 11.6 Å². The number of benzene rings is 1. The monoisotopic (exact) mass is 309 g/mol. The summed E-state index contributed by atoms with van der Waals surface area (Å²) in [5.74, 6) is -0.0435. The number of piperidine rings is 1. The van der Waals surface area contributed by atoms with E-state index in [1.165, 1.54) is 0 Å². The summed E-state index contributed by atoms with van der Waals surface area (Å²) < 4.78 is 0. The Balaban J connectivity index is 2.05. The van der Waals surface area contributed by atoms with Crippen molar-refractivity contribution in [1.29, 1.82) is 0 Å². The van der Waals surface area contributed by atoms with Gasteiger partial charge in [-0.3, -0.25) is 4.79 Å². The van der Waals surface area contributed by atoms with E-state index in [0.29, 0.717) is 22.3 Å². The van der Waals surface area contributed by atoms with Gasteiger partial charge >= 0.3 is 0 Å². The topological polar surface area (TPSA) is 49.6 Å². The molecule has 4 nitrogen and oxygen atoms in total. The molecule has 1 aromatic rings. The van der Waals surface area contributed by atoms with Crippen LogP contribution in [-0.2, 0) is 0 Å². The second-order valence-electron chi connectivity index (χ2n) is 6.01. The molecule has 0 radical (unpaired) electrons. The summed E-state index contributed by atoms with van der Waals surface area (Å²) in [5.41, 5.74) is 6.88. The zero-order valence-electron chi connectivity index (χ0n) is 13.0. The number of rotatable bonds is 3. The molecule has 0 aromatic heterocycles. The van der Waals surface area contributed by atoms with Crippen LogP contribution in [0, 0.1) is 0 Å². The fourth-order valence-corrected chi connectivity index (χ4v) is 3.03. The largest absolute Gasteiger partial charge is 0.398 e. The summed E-state index contributed by atoms with van der Waals surface area (Å²) in [6.07, 6.45) is 2.00. The molecule has 1 heterocycles. The Morgan fingerprint density at radius 2 is 2.00 bits per heavy atom. The van der Waals surface area contributed by atoms with E-state index in [0.717, 1.165) is 25.9 Å². The molecular weight excluding hydrogens is 286 g/mol. The first kappa shape index (κ1) is 16.1. The van der Waals surface area contributed by atoms with Crippen molar-refractivity contribution in [3.63, 3.8) is 0 Å². The Bertz CT molecular complexity index is 510. The maximum absolute atomic E-state index is 12.6. The Morgan fingerprint density at radius 1 is 1.38 bits per heavy atom. The third-order valence-corrected chi connectivity index (χ3v) is 4.58. The Morgan fingerprint density at radius 3 is 2.57 bits per heavy atom. The van der Waals surface area contributed by atoms with Gasteiger partial charge in [0.15, 0.2) is 0 Å². The number of nitrogens with two attached hydrogens (primary N) is 1. The van der Waals surface area contributed by atoms with Gasteiger partial charge in [-0.25, -0.2) is 0 Å². The van der Waals surface area contributed by atoms with E-state index in [1.807, 2.05) is 11.9 Å². The van der Waals surface area contributed by atoms with Gasteiger partial charge in [-0.05, 0) is 44.9 Å². The number of halogens is 1. The summed E-state index contributed by atoms with van der Waals surface area (Å²) >= 11 is 5.97. The first-order valence-electron chi connectivity index (χ1n) is 7.46. The smallest absolute Gasteiger partial charge is 0.255 e. The van der Waals surface area contributed by atoms with E-state index in [9.17, 15) is 4.79 Å².